The fourth-order valence-electron chi connectivity index (χ4n) is 8.86. The van der Waals surface area contributed by atoms with Gasteiger partial charge in [-0.15, -0.1) is 11.3 Å². The normalized spacial score (nSPS) is 15.8. The number of likely N-dealkylation sites (tertiary alicyclic amines) is 1. The highest BCUT2D eigenvalue weighted by Crippen LogP contribution is 2.41. The number of ether oxygens (including phenoxy) is 3. The summed E-state index contributed by atoms with van der Waals surface area (Å²) in [6, 6.07) is 20.3. The monoisotopic (exact) mass is 986 g/mol. The summed E-state index contributed by atoms with van der Waals surface area (Å²) in [5, 5.41) is 16.8. The van der Waals surface area contributed by atoms with Gasteiger partial charge in [0.2, 0.25) is 5.88 Å². The van der Waals surface area contributed by atoms with Gasteiger partial charge in [-0.2, -0.15) is 5.10 Å². The van der Waals surface area contributed by atoms with Gasteiger partial charge in [0.05, 0.1) is 66.6 Å². The lowest BCUT2D eigenvalue weighted by Gasteiger charge is -2.32. The maximum absolute atomic E-state index is 13.8. The van der Waals surface area contributed by atoms with Gasteiger partial charge in [0.25, 0.3) is 0 Å². The number of halogens is 2. The number of aromatic nitrogens is 8. The number of H-pyrrole nitrogens is 1. The van der Waals surface area contributed by atoms with E-state index in [1.54, 1.807) is 55.6 Å². The molecule has 66 heavy (non-hydrogen) atoms. The van der Waals surface area contributed by atoms with E-state index in [4.69, 9.17) is 29.2 Å². The third-order valence-corrected chi connectivity index (χ3v) is 14.4. The second-order valence-corrected chi connectivity index (χ2v) is 19.4. The first kappa shape index (κ1) is 42.4. The molecule has 2 aliphatic heterocycles. The first-order valence-electron chi connectivity index (χ1n) is 21.8. The zero-order chi connectivity index (χ0) is 44.7. The Morgan fingerprint density at radius 3 is 2.12 bits per heavy atom. The lowest BCUT2D eigenvalue weighted by molar-refractivity contribution is 0.0881. The molecule has 5 aromatic heterocycles. The fraction of sp³-hybridized carbons (Fsp3) is 0.298. The molecule has 0 amide bonds. The first-order valence-corrected chi connectivity index (χ1v) is 24.3. The van der Waals surface area contributed by atoms with Gasteiger partial charge in [-0.1, -0.05) is 27.3 Å². The van der Waals surface area contributed by atoms with Crippen molar-refractivity contribution in [2.75, 3.05) is 55.4 Å². The third-order valence-electron chi connectivity index (χ3n) is 12.1. The largest absolute Gasteiger partial charge is 0.489 e. The van der Waals surface area contributed by atoms with Crippen LogP contribution in [0.4, 0.5) is 32.5 Å². The number of rotatable bonds is 13. The van der Waals surface area contributed by atoms with Crippen molar-refractivity contribution in [3.63, 3.8) is 0 Å². The number of methoxy groups -OCH3 is 1. The van der Waals surface area contributed by atoms with Crippen LogP contribution >= 0.6 is 38.6 Å². The minimum Gasteiger partial charge on any atom is -0.489 e. The Balaban J connectivity index is 0.806. The number of nitrogens with one attached hydrogen (secondary N) is 3. The zero-order valence-corrected chi connectivity index (χ0v) is 39.2. The number of hydrogen-bond acceptors (Lipinski definition) is 16. The third kappa shape index (κ3) is 8.75. The van der Waals surface area contributed by atoms with E-state index in [1.807, 2.05) is 54.0 Å². The number of fused-ring (bicyclic) bond motifs is 4. The number of anilines is 5. The molecule has 11 rings (SSSR count). The molecule has 4 aromatic carbocycles. The number of aromatic amines is 1. The van der Waals surface area contributed by atoms with Crippen LogP contribution in [0.5, 0.6) is 17.4 Å². The van der Waals surface area contributed by atoms with Gasteiger partial charge in [0.15, 0.2) is 5.13 Å². The topological polar surface area (TPSA) is 164 Å². The predicted molar refractivity (Wildman–Crippen MR) is 263 cm³/mol. The number of piperidine rings is 2. The van der Waals surface area contributed by atoms with E-state index in [1.165, 1.54) is 0 Å². The minimum absolute atomic E-state index is 0.00197. The molecule has 0 radical (unpaired) electrons. The molecule has 15 nitrogen and oxygen atoms in total. The maximum atomic E-state index is 13.8. The van der Waals surface area contributed by atoms with Crippen LogP contribution in [0, 0.1) is 0 Å². The highest BCUT2D eigenvalue weighted by atomic mass is 79.9. The van der Waals surface area contributed by atoms with Gasteiger partial charge < -0.3 is 34.6 Å². The van der Waals surface area contributed by atoms with Crippen LogP contribution in [-0.2, 0) is 0 Å². The van der Waals surface area contributed by atoms with Crippen LogP contribution in [0.15, 0.2) is 89.5 Å². The maximum Gasteiger partial charge on any atom is 0.216 e. The molecule has 1 atom stereocenters. The Kier molecular flexibility index (Phi) is 11.7. The molecular formula is C47H44BrFN12O3S2. The molecule has 2 fully saturated rings. The van der Waals surface area contributed by atoms with Crippen LogP contribution in [-0.4, -0.2) is 103 Å². The van der Waals surface area contributed by atoms with E-state index in [2.05, 4.69) is 73.6 Å². The van der Waals surface area contributed by atoms with Crippen LogP contribution < -0.4 is 29.7 Å². The van der Waals surface area contributed by atoms with Crippen molar-refractivity contribution in [3.05, 3.63) is 89.5 Å². The Morgan fingerprint density at radius 2 is 1.42 bits per heavy atom. The second-order valence-electron chi connectivity index (χ2n) is 16.6. The smallest absolute Gasteiger partial charge is 0.216 e. The number of nitrogens with zero attached hydrogens (tertiary/aromatic N) is 9. The van der Waals surface area contributed by atoms with Crippen LogP contribution in [0.2, 0.25) is 0 Å². The molecule has 1 unspecified atom stereocenters. The molecule has 0 spiro atoms. The van der Waals surface area contributed by atoms with Gasteiger partial charge >= 0.3 is 0 Å². The molecule has 19 heteroatoms. The SMILES string of the molecule is COc1[nH]ncc1-c1cc(OC2CCN(CC(C)F)CC2)c2c(Nc3ccc4nc(N5CCC(Oc6cc(Br)cc7ncnc(Nc8ccc9ncsc9c8)c67)CC5)sc4c3)ncnc2c1. The molecule has 9 aromatic rings. The molecule has 3 N–H and O–H groups in total. The molecule has 0 saturated carbocycles. The molecule has 2 aliphatic rings. The van der Waals surface area contributed by atoms with Crippen LogP contribution in [0.3, 0.4) is 0 Å². The van der Waals surface area contributed by atoms with E-state index in [-0.39, 0.29) is 12.2 Å². The summed E-state index contributed by atoms with van der Waals surface area (Å²) in [4.78, 5) is 32.6. The summed E-state index contributed by atoms with van der Waals surface area (Å²) in [6.07, 6.45) is 7.15. The van der Waals surface area contributed by atoms with Gasteiger partial charge in [-0.25, -0.2) is 39.4 Å². The van der Waals surface area contributed by atoms with E-state index >= 15 is 0 Å². The fourth-order valence-corrected chi connectivity index (χ4v) is 11.1. The lowest BCUT2D eigenvalue weighted by Crippen LogP contribution is -2.40. The summed E-state index contributed by atoms with van der Waals surface area (Å²) in [7, 11) is 1.61. The molecule has 0 bridgehead atoms. The van der Waals surface area contributed by atoms with Crippen molar-refractivity contribution in [2.45, 2.75) is 51.0 Å². The van der Waals surface area contributed by atoms with Gasteiger partial charge in [0, 0.05) is 61.4 Å². The summed E-state index contributed by atoms with van der Waals surface area (Å²) in [5.74, 6) is 3.25. The Bertz CT molecular complexity index is 3200. The second kappa shape index (κ2) is 18.2. The number of benzene rings is 4. The summed E-state index contributed by atoms with van der Waals surface area (Å²) >= 11 is 6.96. The molecule has 336 valence electrons. The zero-order valence-electron chi connectivity index (χ0n) is 36.0. The van der Waals surface area contributed by atoms with Crippen LogP contribution in [0.25, 0.3) is 53.4 Å². The summed E-state index contributed by atoms with van der Waals surface area (Å²) in [5.41, 5.74) is 8.69. The van der Waals surface area contributed by atoms with E-state index in [0.717, 1.165) is 126 Å². The number of alkyl halides is 1. The predicted octanol–water partition coefficient (Wildman–Crippen LogP) is 10.7. The Morgan fingerprint density at radius 1 is 0.773 bits per heavy atom. The van der Waals surface area contributed by atoms with Gasteiger partial charge in [0.1, 0.15) is 54.2 Å². The molecule has 2 saturated heterocycles. The highest BCUT2D eigenvalue weighted by Gasteiger charge is 2.27. The average molecular weight is 988 g/mol. The first-order chi connectivity index (χ1) is 32.3. The van der Waals surface area contributed by atoms with Crippen molar-refractivity contribution >= 4 is 109 Å². The standard InChI is InChI=1S/C47H44BrFN12O3S2/c1-26(49)22-60-11-7-31(8-12-60)63-38-16-27(33-21-55-59-46(33)62-2)15-36-42(38)44(52-23-50-36)57-30-4-6-35-41(20-30)66-47(58-35)61-13-9-32(10-14-61)64-39-18-28(48)17-37-43(39)45(53-24-51-37)56-29-3-5-34-40(19-29)65-25-54-34/h3-6,15-21,23-26,31-32H,7-14,22H2,1-2H3,(H,55,59)(H,50,52,57)(H,51,53,56). The lowest BCUT2D eigenvalue weighted by atomic mass is 10.0. The van der Waals surface area contributed by atoms with Crippen molar-refractivity contribution < 1.29 is 18.6 Å². The van der Waals surface area contributed by atoms with E-state index in [0.29, 0.717) is 35.3 Å². The van der Waals surface area contributed by atoms with Crippen molar-refractivity contribution in [3.8, 4) is 28.5 Å². The van der Waals surface area contributed by atoms with Crippen molar-refractivity contribution in [1.29, 1.82) is 0 Å². The van der Waals surface area contributed by atoms with Gasteiger partial charge in [-0.05, 0) is 86.0 Å². The van der Waals surface area contributed by atoms with E-state index < -0.39 is 6.17 Å². The van der Waals surface area contributed by atoms with Crippen LogP contribution in [0.1, 0.15) is 32.6 Å². The number of thiazole rings is 2. The number of hydrogen-bond donors (Lipinski definition) is 3. The van der Waals surface area contributed by atoms with Gasteiger partial charge in [-0.3, -0.25) is 0 Å². The quantitative estimate of drug-likeness (QED) is 0.0999. The molecule has 7 heterocycles. The molecule has 0 aliphatic carbocycles. The van der Waals surface area contributed by atoms with Crippen molar-refractivity contribution in [2.24, 2.45) is 0 Å². The molecular weight excluding hydrogens is 944 g/mol. The highest BCUT2D eigenvalue weighted by molar-refractivity contribution is 9.10. The summed E-state index contributed by atoms with van der Waals surface area (Å²) in [6.45, 7) is 5.17. The van der Waals surface area contributed by atoms with E-state index in [9.17, 15) is 4.39 Å². The Labute approximate surface area is 394 Å². The summed E-state index contributed by atoms with van der Waals surface area (Å²) < 4.78 is 36.0. The van der Waals surface area contributed by atoms with Crippen molar-refractivity contribution in [1.82, 2.24) is 45.0 Å². The Hall–Kier alpha value is -6.28. The minimum atomic E-state index is -0.871. The average Bonchev–Trinajstić information content (AvgIpc) is 4.10.